The Morgan fingerprint density at radius 3 is 2.48 bits per heavy atom. The zero-order valence-corrected chi connectivity index (χ0v) is 17.5. The lowest BCUT2D eigenvalue weighted by molar-refractivity contribution is 0.269. The molecule has 0 spiro atoms. The minimum atomic E-state index is 0.0993. The van der Waals surface area contributed by atoms with E-state index in [4.69, 9.17) is 4.74 Å². The van der Waals surface area contributed by atoms with Crippen molar-refractivity contribution in [3.8, 4) is 23.0 Å². The minimum Gasteiger partial charge on any atom is -0.506 e. The van der Waals surface area contributed by atoms with Gasteiger partial charge in [0.25, 0.3) is 0 Å². The van der Waals surface area contributed by atoms with Crippen LogP contribution in [0.1, 0.15) is 0 Å². The Kier molecular flexibility index (Phi) is 6.03. The van der Waals surface area contributed by atoms with Crippen LogP contribution >= 0.6 is 47.8 Å². The van der Waals surface area contributed by atoms with E-state index in [1.807, 2.05) is 30.4 Å². The molecule has 0 aliphatic heterocycles. The number of hydrogen-bond donors (Lipinski definition) is 1. The van der Waals surface area contributed by atoms with Gasteiger partial charge in [0, 0.05) is 16.0 Å². The maximum absolute atomic E-state index is 9.77. The van der Waals surface area contributed by atoms with Crippen molar-refractivity contribution in [3.63, 3.8) is 0 Å². The Morgan fingerprint density at radius 2 is 1.80 bits per heavy atom. The van der Waals surface area contributed by atoms with Crippen molar-refractivity contribution in [2.45, 2.75) is 0 Å². The van der Waals surface area contributed by atoms with Crippen LogP contribution in [0.15, 0.2) is 62.1 Å². The van der Waals surface area contributed by atoms with Gasteiger partial charge in [0.15, 0.2) is 0 Å². The third-order valence-corrected chi connectivity index (χ3v) is 5.48. The molecule has 0 saturated heterocycles. The Labute approximate surface area is 169 Å². The van der Waals surface area contributed by atoms with Gasteiger partial charge in [0.2, 0.25) is 0 Å². The Morgan fingerprint density at radius 1 is 1.04 bits per heavy atom. The van der Waals surface area contributed by atoms with E-state index in [0.717, 1.165) is 10.0 Å². The number of phenols is 1. The standard InChI is InChI=1S/C17H12Br3N3O2/c18-12-5-3-1-2-4-10(12)9-25-17-21-8-15(22-23-17)11-6-13(19)16(24)14(20)7-11/h1-8,10,24H,9H2. The number of aromatic nitrogens is 3. The summed E-state index contributed by atoms with van der Waals surface area (Å²) in [4.78, 5) is 4.21. The second kappa shape index (κ2) is 8.25. The van der Waals surface area contributed by atoms with Crippen molar-refractivity contribution in [2.75, 3.05) is 6.61 Å². The average Bonchev–Trinajstić information content (AvgIpc) is 2.82. The Hall–Kier alpha value is -1.51. The van der Waals surface area contributed by atoms with Crippen LogP contribution in [0.2, 0.25) is 0 Å². The first kappa shape index (κ1) is 18.3. The molecule has 8 heteroatoms. The summed E-state index contributed by atoms with van der Waals surface area (Å²) in [6.07, 6.45) is 11.5. The molecule has 5 nitrogen and oxygen atoms in total. The number of ether oxygens (including phenoxy) is 1. The monoisotopic (exact) mass is 527 g/mol. The molecule has 1 aromatic heterocycles. The van der Waals surface area contributed by atoms with E-state index in [-0.39, 0.29) is 17.7 Å². The number of rotatable bonds is 4. The van der Waals surface area contributed by atoms with Crippen molar-refractivity contribution in [3.05, 3.63) is 62.1 Å². The molecule has 1 aliphatic rings. The lowest BCUT2D eigenvalue weighted by Gasteiger charge is -2.12. The first-order valence-electron chi connectivity index (χ1n) is 7.26. The number of benzene rings is 1. The summed E-state index contributed by atoms with van der Waals surface area (Å²) >= 11 is 10.1. The largest absolute Gasteiger partial charge is 0.506 e. The number of nitrogens with zero attached hydrogens (tertiary/aromatic N) is 3. The lowest BCUT2D eigenvalue weighted by Crippen LogP contribution is -2.11. The molecule has 2 aromatic rings. The minimum absolute atomic E-state index is 0.0993. The number of phenolic OH excluding ortho intramolecular Hbond substituents is 1. The summed E-state index contributed by atoms with van der Waals surface area (Å²) in [5.41, 5.74) is 1.35. The van der Waals surface area contributed by atoms with E-state index in [0.29, 0.717) is 21.2 Å². The molecule has 25 heavy (non-hydrogen) atoms. The van der Waals surface area contributed by atoms with E-state index in [9.17, 15) is 5.11 Å². The molecule has 1 aliphatic carbocycles. The van der Waals surface area contributed by atoms with E-state index >= 15 is 0 Å². The van der Waals surface area contributed by atoms with E-state index in [1.54, 1.807) is 18.3 Å². The highest BCUT2D eigenvalue weighted by Gasteiger charge is 2.13. The van der Waals surface area contributed by atoms with Gasteiger partial charge in [-0.1, -0.05) is 51.4 Å². The second-order valence-corrected chi connectivity index (χ2v) is 7.78. The van der Waals surface area contributed by atoms with Crippen molar-refractivity contribution in [1.82, 2.24) is 15.2 Å². The molecular formula is C17H12Br3N3O2. The van der Waals surface area contributed by atoms with Crippen LogP contribution in [0.4, 0.5) is 0 Å². The van der Waals surface area contributed by atoms with Crippen molar-refractivity contribution < 1.29 is 9.84 Å². The van der Waals surface area contributed by atoms with Gasteiger partial charge in [-0.25, -0.2) is 4.98 Å². The molecular weight excluding hydrogens is 518 g/mol. The van der Waals surface area contributed by atoms with Crippen LogP contribution in [-0.4, -0.2) is 26.9 Å². The van der Waals surface area contributed by atoms with Gasteiger partial charge in [-0.3, -0.25) is 0 Å². The molecule has 1 atom stereocenters. The smallest absolute Gasteiger partial charge is 0.335 e. The Balaban J connectivity index is 1.70. The predicted molar refractivity (Wildman–Crippen MR) is 107 cm³/mol. The molecule has 0 bridgehead atoms. The third-order valence-electron chi connectivity index (χ3n) is 3.42. The highest BCUT2D eigenvalue weighted by molar-refractivity contribution is 9.11. The molecule has 128 valence electrons. The van der Waals surface area contributed by atoms with Gasteiger partial charge in [-0.2, -0.15) is 0 Å². The van der Waals surface area contributed by atoms with Crippen molar-refractivity contribution in [1.29, 1.82) is 0 Å². The molecule has 1 unspecified atom stereocenters. The third kappa shape index (κ3) is 4.56. The van der Waals surface area contributed by atoms with Crippen molar-refractivity contribution in [2.24, 2.45) is 5.92 Å². The summed E-state index contributed by atoms with van der Waals surface area (Å²) in [5, 5.41) is 17.9. The summed E-state index contributed by atoms with van der Waals surface area (Å²) in [5.74, 6) is 0.233. The maximum Gasteiger partial charge on any atom is 0.335 e. The van der Waals surface area contributed by atoms with Gasteiger partial charge in [-0.05, 0) is 44.0 Å². The van der Waals surface area contributed by atoms with Crippen LogP contribution in [-0.2, 0) is 0 Å². The van der Waals surface area contributed by atoms with Crippen LogP contribution in [0.5, 0.6) is 11.8 Å². The molecule has 0 saturated carbocycles. The van der Waals surface area contributed by atoms with E-state index in [1.165, 1.54) is 0 Å². The first-order chi connectivity index (χ1) is 12.0. The fourth-order valence-corrected chi connectivity index (χ4v) is 3.73. The highest BCUT2D eigenvalue weighted by Crippen LogP contribution is 2.36. The van der Waals surface area contributed by atoms with E-state index in [2.05, 4.69) is 63.0 Å². The predicted octanol–water partition coefficient (Wildman–Crippen LogP) is 5.17. The Bertz CT molecular complexity index is 841. The SMILES string of the molecule is Oc1c(Br)cc(-c2cnc(OCC3C=CC=CC=C3Br)nn2)cc1Br. The van der Waals surface area contributed by atoms with Gasteiger partial charge in [0.05, 0.1) is 15.1 Å². The average molecular weight is 530 g/mol. The van der Waals surface area contributed by atoms with Gasteiger partial charge >= 0.3 is 6.01 Å². The van der Waals surface area contributed by atoms with Crippen LogP contribution in [0.3, 0.4) is 0 Å². The number of allylic oxidation sites excluding steroid dienone is 4. The molecule has 1 N–H and O–H groups in total. The number of halogens is 3. The van der Waals surface area contributed by atoms with Gasteiger partial charge < -0.3 is 9.84 Å². The quantitative estimate of drug-likeness (QED) is 0.592. The second-order valence-electron chi connectivity index (χ2n) is 5.15. The normalized spacial score (nSPS) is 16.4. The van der Waals surface area contributed by atoms with Gasteiger partial charge in [-0.15, -0.1) is 5.10 Å². The topological polar surface area (TPSA) is 68.1 Å². The summed E-state index contributed by atoms with van der Waals surface area (Å²) in [7, 11) is 0. The fourth-order valence-electron chi connectivity index (χ4n) is 2.10. The molecule has 0 amide bonds. The lowest BCUT2D eigenvalue weighted by atomic mass is 10.1. The van der Waals surface area contributed by atoms with Gasteiger partial charge in [0.1, 0.15) is 18.1 Å². The van der Waals surface area contributed by atoms with Crippen LogP contribution in [0, 0.1) is 5.92 Å². The van der Waals surface area contributed by atoms with Crippen LogP contribution in [0.25, 0.3) is 11.3 Å². The summed E-state index contributed by atoms with van der Waals surface area (Å²) < 4.78 is 7.78. The maximum atomic E-state index is 9.77. The summed E-state index contributed by atoms with van der Waals surface area (Å²) in [6, 6.07) is 3.71. The van der Waals surface area contributed by atoms with Crippen molar-refractivity contribution >= 4 is 47.8 Å². The highest BCUT2D eigenvalue weighted by atomic mass is 79.9. The number of hydrogen-bond acceptors (Lipinski definition) is 5. The molecule has 3 rings (SSSR count). The van der Waals surface area contributed by atoms with E-state index < -0.39 is 0 Å². The molecule has 0 fully saturated rings. The molecule has 1 heterocycles. The zero-order valence-electron chi connectivity index (χ0n) is 12.7. The molecule has 1 aromatic carbocycles. The van der Waals surface area contributed by atoms with Crippen LogP contribution < -0.4 is 4.74 Å². The number of aromatic hydroxyl groups is 1. The fraction of sp³-hybridized carbons (Fsp3) is 0.118. The summed E-state index contributed by atoms with van der Waals surface area (Å²) in [6.45, 7) is 0.409. The zero-order chi connectivity index (χ0) is 17.8. The molecule has 0 radical (unpaired) electrons. The first-order valence-corrected chi connectivity index (χ1v) is 9.64.